The van der Waals surface area contributed by atoms with E-state index in [0.717, 1.165) is 24.9 Å². The van der Waals surface area contributed by atoms with Gasteiger partial charge in [-0.05, 0) is 56.8 Å². The predicted octanol–water partition coefficient (Wildman–Crippen LogP) is 3.16. The molecule has 1 atom stereocenters. The zero-order valence-corrected chi connectivity index (χ0v) is 12.0. The lowest BCUT2D eigenvalue weighted by Gasteiger charge is -2.27. The van der Waals surface area contributed by atoms with E-state index in [4.69, 9.17) is 9.47 Å². The second-order valence-corrected chi connectivity index (χ2v) is 5.14. The molecule has 1 aliphatic heterocycles. The van der Waals surface area contributed by atoms with Crippen molar-refractivity contribution in [3.05, 3.63) is 29.8 Å². The summed E-state index contributed by atoms with van der Waals surface area (Å²) in [5.41, 5.74) is 1.32. The molecule has 1 fully saturated rings. The van der Waals surface area contributed by atoms with Crippen LogP contribution in [0.4, 0.5) is 0 Å². The maximum absolute atomic E-state index is 5.58. The van der Waals surface area contributed by atoms with Crippen LogP contribution in [-0.2, 0) is 4.74 Å². The van der Waals surface area contributed by atoms with Gasteiger partial charge in [0.25, 0.3) is 0 Å². The highest BCUT2D eigenvalue weighted by Gasteiger charge is 2.19. The third-order valence-corrected chi connectivity index (χ3v) is 3.83. The standard InChI is InChI=1S/C16H25NO2/c1-3-19-15-6-4-5-14(12-15)16(17-2)11-13-7-9-18-10-8-13/h4-6,12-13,16-17H,3,7-11H2,1-2H3. The highest BCUT2D eigenvalue weighted by molar-refractivity contribution is 5.30. The van der Waals surface area contributed by atoms with E-state index in [1.807, 2.05) is 20.0 Å². The van der Waals surface area contributed by atoms with Crippen molar-refractivity contribution in [1.82, 2.24) is 5.32 Å². The van der Waals surface area contributed by atoms with E-state index >= 15 is 0 Å². The van der Waals surface area contributed by atoms with E-state index in [1.165, 1.54) is 24.8 Å². The van der Waals surface area contributed by atoms with Crippen molar-refractivity contribution in [1.29, 1.82) is 0 Å². The Labute approximate surface area is 116 Å². The minimum Gasteiger partial charge on any atom is -0.494 e. The van der Waals surface area contributed by atoms with Crippen LogP contribution >= 0.6 is 0 Å². The smallest absolute Gasteiger partial charge is 0.119 e. The monoisotopic (exact) mass is 263 g/mol. The molecule has 1 aliphatic rings. The highest BCUT2D eigenvalue weighted by atomic mass is 16.5. The van der Waals surface area contributed by atoms with Crippen LogP contribution in [0.25, 0.3) is 0 Å². The molecule has 0 amide bonds. The van der Waals surface area contributed by atoms with Crippen molar-refractivity contribution in [3.63, 3.8) is 0 Å². The normalized spacial score (nSPS) is 18.2. The Morgan fingerprint density at radius 1 is 1.37 bits per heavy atom. The van der Waals surface area contributed by atoms with Gasteiger partial charge in [0, 0.05) is 19.3 Å². The maximum atomic E-state index is 5.58. The summed E-state index contributed by atoms with van der Waals surface area (Å²) in [5, 5.41) is 3.44. The molecule has 0 bridgehead atoms. The Hall–Kier alpha value is -1.06. The van der Waals surface area contributed by atoms with Crippen LogP contribution in [0.5, 0.6) is 5.75 Å². The van der Waals surface area contributed by atoms with Crippen molar-refractivity contribution in [3.8, 4) is 5.75 Å². The van der Waals surface area contributed by atoms with E-state index < -0.39 is 0 Å². The van der Waals surface area contributed by atoms with Gasteiger partial charge in [0.15, 0.2) is 0 Å². The van der Waals surface area contributed by atoms with Gasteiger partial charge in [0.05, 0.1) is 6.61 Å². The Morgan fingerprint density at radius 3 is 2.84 bits per heavy atom. The minimum absolute atomic E-state index is 0.406. The van der Waals surface area contributed by atoms with Crippen LogP contribution in [0.1, 0.15) is 37.8 Å². The molecule has 1 aromatic rings. The number of hydrogen-bond donors (Lipinski definition) is 1. The molecule has 1 heterocycles. The van der Waals surface area contributed by atoms with Gasteiger partial charge < -0.3 is 14.8 Å². The first-order valence-electron chi connectivity index (χ1n) is 7.31. The van der Waals surface area contributed by atoms with E-state index in [1.54, 1.807) is 0 Å². The third-order valence-electron chi connectivity index (χ3n) is 3.83. The average molecular weight is 263 g/mol. The summed E-state index contributed by atoms with van der Waals surface area (Å²) >= 11 is 0. The Bertz CT molecular complexity index is 375. The number of nitrogens with one attached hydrogen (secondary N) is 1. The van der Waals surface area contributed by atoms with Crippen molar-refractivity contribution in [2.75, 3.05) is 26.9 Å². The van der Waals surface area contributed by atoms with E-state index in [-0.39, 0.29) is 0 Å². The Balaban J connectivity index is 2.01. The summed E-state index contributed by atoms with van der Waals surface area (Å²) < 4.78 is 11.0. The molecule has 1 aromatic carbocycles. The molecule has 1 unspecified atom stereocenters. The SMILES string of the molecule is CCOc1cccc(C(CC2CCOCC2)NC)c1. The number of benzene rings is 1. The number of hydrogen-bond acceptors (Lipinski definition) is 3. The molecule has 0 radical (unpaired) electrons. The zero-order chi connectivity index (χ0) is 13.5. The molecule has 0 aliphatic carbocycles. The number of ether oxygens (including phenoxy) is 2. The van der Waals surface area contributed by atoms with Gasteiger partial charge in [0.1, 0.15) is 5.75 Å². The molecule has 1 N–H and O–H groups in total. The van der Waals surface area contributed by atoms with Crippen LogP contribution in [-0.4, -0.2) is 26.9 Å². The molecule has 106 valence electrons. The van der Waals surface area contributed by atoms with E-state index in [0.29, 0.717) is 12.6 Å². The molecule has 0 spiro atoms. The van der Waals surface area contributed by atoms with Crippen LogP contribution in [0.2, 0.25) is 0 Å². The summed E-state index contributed by atoms with van der Waals surface area (Å²) in [6, 6.07) is 8.85. The second-order valence-electron chi connectivity index (χ2n) is 5.14. The molecule has 3 heteroatoms. The summed E-state index contributed by atoms with van der Waals surface area (Å²) in [7, 11) is 2.04. The van der Waals surface area contributed by atoms with Crippen molar-refractivity contribution < 1.29 is 9.47 Å². The Kier molecular flexibility index (Phi) is 5.67. The summed E-state index contributed by atoms with van der Waals surface area (Å²) in [6.45, 7) is 4.57. The van der Waals surface area contributed by atoms with Crippen molar-refractivity contribution >= 4 is 0 Å². The fourth-order valence-corrected chi connectivity index (χ4v) is 2.72. The summed E-state index contributed by atoms with van der Waals surface area (Å²) in [6.07, 6.45) is 3.54. The Morgan fingerprint density at radius 2 is 2.16 bits per heavy atom. The zero-order valence-electron chi connectivity index (χ0n) is 12.0. The van der Waals surface area contributed by atoms with Crippen molar-refractivity contribution in [2.24, 2.45) is 5.92 Å². The first-order valence-corrected chi connectivity index (χ1v) is 7.31. The van der Waals surface area contributed by atoms with Gasteiger partial charge in [-0.25, -0.2) is 0 Å². The molecule has 2 rings (SSSR count). The van der Waals surface area contributed by atoms with Crippen LogP contribution in [0, 0.1) is 5.92 Å². The lowest BCUT2D eigenvalue weighted by molar-refractivity contribution is 0.0608. The predicted molar refractivity (Wildman–Crippen MR) is 77.6 cm³/mol. The molecule has 19 heavy (non-hydrogen) atoms. The van der Waals surface area contributed by atoms with E-state index in [9.17, 15) is 0 Å². The van der Waals surface area contributed by atoms with Gasteiger partial charge in [-0.1, -0.05) is 12.1 Å². The fourth-order valence-electron chi connectivity index (χ4n) is 2.72. The lowest BCUT2D eigenvalue weighted by Crippen LogP contribution is -2.24. The molecule has 0 aromatic heterocycles. The van der Waals surface area contributed by atoms with Crippen molar-refractivity contribution in [2.45, 2.75) is 32.2 Å². The van der Waals surface area contributed by atoms with E-state index in [2.05, 4.69) is 23.5 Å². The first-order chi connectivity index (χ1) is 9.33. The van der Waals surface area contributed by atoms with Gasteiger partial charge in [0.2, 0.25) is 0 Å². The summed E-state index contributed by atoms with van der Waals surface area (Å²) in [5.74, 6) is 1.73. The largest absolute Gasteiger partial charge is 0.494 e. The maximum Gasteiger partial charge on any atom is 0.119 e. The first kappa shape index (κ1) is 14.4. The fraction of sp³-hybridized carbons (Fsp3) is 0.625. The second kappa shape index (κ2) is 7.51. The van der Waals surface area contributed by atoms with Gasteiger partial charge in [-0.15, -0.1) is 0 Å². The van der Waals surface area contributed by atoms with Gasteiger partial charge >= 0.3 is 0 Å². The third kappa shape index (κ3) is 4.22. The molecular weight excluding hydrogens is 238 g/mol. The van der Waals surface area contributed by atoms with Gasteiger partial charge in [-0.2, -0.15) is 0 Å². The molecule has 3 nitrogen and oxygen atoms in total. The quantitative estimate of drug-likeness (QED) is 0.855. The topological polar surface area (TPSA) is 30.5 Å². The lowest BCUT2D eigenvalue weighted by atomic mass is 9.89. The molecule has 1 saturated heterocycles. The van der Waals surface area contributed by atoms with Gasteiger partial charge in [-0.3, -0.25) is 0 Å². The highest BCUT2D eigenvalue weighted by Crippen LogP contribution is 2.29. The number of rotatable bonds is 6. The minimum atomic E-state index is 0.406. The molecule has 0 saturated carbocycles. The average Bonchev–Trinajstić information content (AvgIpc) is 2.46. The summed E-state index contributed by atoms with van der Waals surface area (Å²) in [4.78, 5) is 0. The van der Waals surface area contributed by atoms with Crippen LogP contribution in [0.3, 0.4) is 0 Å². The molecular formula is C16H25NO2. The van der Waals surface area contributed by atoms with Crippen LogP contribution < -0.4 is 10.1 Å². The van der Waals surface area contributed by atoms with Crippen LogP contribution in [0.15, 0.2) is 24.3 Å².